The summed E-state index contributed by atoms with van der Waals surface area (Å²) in [5.41, 5.74) is 2.80. The molecule has 1 aromatic heterocycles. The largest absolute Gasteiger partial charge is 0.482 e. The number of ether oxygens (including phenoxy) is 1. The van der Waals surface area contributed by atoms with Crippen molar-refractivity contribution in [3.05, 3.63) is 60.3 Å². The average molecular weight is 351 g/mol. The first kappa shape index (κ1) is 17.5. The summed E-state index contributed by atoms with van der Waals surface area (Å²) < 4.78 is 5.52. The maximum atomic E-state index is 12.0. The Balaban J connectivity index is 1.48. The van der Waals surface area contributed by atoms with Crippen LogP contribution in [0.15, 0.2) is 54.7 Å². The number of para-hydroxylation sites is 3. The van der Waals surface area contributed by atoms with Gasteiger partial charge in [0.25, 0.3) is 5.91 Å². The maximum absolute atomic E-state index is 12.0. The Morgan fingerprint density at radius 3 is 2.69 bits per heavy atom. The van der Waals surface area contributed by atoms with Crippen molar-refractivity contribution in [2.45, 2.75) is 13.3 Å². The van der Waals surface area contributed by atoms with Gasteiger partial charge in [-0.1, -0.05) is 30.3 Å². The summed E-state index contributed by atoms with van der Waals surface area (Å²) in [7, 11) is 0. The van der Waals surface area contributed by atoms with E-state index in [1.165, 1.54) is 12.3 Å². The minimum absolute atomic E-state index is 0.107. The average Bonchev–Trinajstić information content (AvgIpc) is 3.04. The van der Waals surface area contributed by atoms with Crippen molar-refractivity contribution >= 4 is 28.4 Å². The molecule has 0 aliphatic rings. The van der Waals surface area contributed by atoms with Gasteiger partial charge in [0, 0.05) is 30.6 Å². The van der Waals surface area contributed by atoms with Crippen molar-refractivity contribution in [3.8, 4) is 5.75 Å². The fraction of sp³-hybridized carbons (Fsp3) is 0.200. The van der Waals surface area contributed by atoms with Crippen LogP contribution in [0, 0.1) is 0 Å². The maximum Gasteiger partial charge on any atom is 0.257 e. The molecule has 0 atom stereocenters. The normalized spacial score (nSPS) is 10.5. The van der Waals surface area contributed by atoms with E-state index in [4.69, 9.17) is 4.74 Å². The number of rotatable bonds is 7. The van der Waals surface area contributed by atoms with E-state index in [0.29, 0.717) is 18.0 Å². The fourth-order valence-electron chi connectivity index (χ4n) is 2.75. The third-order valence-electron chi connectivity index (χ3n) is 3.95. The lowest BCUT2D eigenvalue weighted by atomic mass is 10.1. The van der Waals surface area contributed by atoms with E-state index < -0.39 is 0 Å². The van der Waals surface area contributed by atoms with Crippen molar-refractivity contribution in [1.82, 2.24) is 10.3 Å². The summed E-state index contributed by atoms with van der Waals surface area (Å²) in [6.07, 6.45) is 2.70. The second kappa shape index (κ2) is 8.20. The predicted octanol–water partition coefficient (Wildman–Crippen LogP) is 2.86. The van der Waals surface area contributed by atoms with Crippen LogP contribution in [0.1, 0.15) is 12.5 Å². The second-order valence-corrected chi connectivity index (χ2v) is 5.93. The van der Waals surface area contributed by atoms with Gasteiger partial charge in [0.05, 0.1) is 5.69 Å². The molecule has 0 unspecified atom stereocenters. The molecule has 0 spiro atoms. The molecule has 1 heterocycles. The first-order valence-electron chi connectivity index (χ1n) is 8.44. The van der Waals surface area contributed by atoms with Gasteiger partial charge < -0.3 is 20.4 Å². The lowest BCUT2D eigenvalue weighted by Gasteiger charge is -2.11. The molecule has 3 N–H and O–H groups in total. The minimum atomic E-state index is -0.206. The molecular weight excluding hydrogens is 330 g/mol. The number of aromatic amines is 1. The van der Waals surface area contributed by atoms with Crippen LogP contribution in [-0.2, 0) is 16.0 Å². The molecular formula is C20H21N3O3. The molecule has 26 heavy (non-hydrogen) atoms. The summed E-state index contributed by atoms with van der Waals surface area (Å²) in [4.78, 5) is 26.4. The highest BCUT2D eigenvalue weighted by Gasteiger charge is 2.08. The summed E-state index contributed by atoms with van der Waals surface area (Å²) >= 11 is 0. The van der Waals surface area contributed by atoms with Gasteiger partial charge in [0.2, 0.25) is 5.91 Å². The highest BCUT2D eigenvalue weighted by atomic mass is 16.5. The number of aromatic nitrogens is 1. The summed E-state index contributed by atoms with van der Waals surface area (Å²) in [5, 5.41) is 6.70. The molecule has 6 heteroatoms. The van der Waals surface area contributed by atoms with Crippen molar-refractivity contribution in [2.75, 3.05) is 18.5 Å². The molecule has 0 aliphatic heterocycles. The molecule has 134 valence electrons. The lowest BCUT2D eigenvalue weighted by Crippen LogP contribution is -2.30. The smallest absolute Gasteiger partial charge is 0.257 e. The van der Waals surface area contributed by atoms with Crippen molar-refractivity contribution < 1.29 is 14.3 Å². The van der Waals surface area contributed by atoms with Gasteiger partial charge in [-0.05, 0) is 30.2 Å². The highest BCUT2D eigenvalue weighted by molar-refractivity contribution is 5.90. The molecule has 0 radical (unpaired) electrons. The molecule has 2 amide bonds. The van der Waals surface area contributed by atoms with Gasteiger partial charge in [-0.3, -0.25) is 9.59 Å². The quantitative estimate of drug-likeness (QED) is 0.612. The van der Waals surface area contributed by atoms with E-state index in [1.807, 2.05) is 24.4 Å². The predicted molar refractivity (Wildman–Crippen MR) is 101 cm³/mol. The van der Waals surface area contributed by atoms with Crippen molar-refractivity contribution in [2.24, 2.45) is 0 Å². The Hall–Kier alpha value is -3.28. The number of carbonyl (C=O) groups is 2. The zero-order chi connectivity index (χ0) is 18.4. The van der Waals surface area contributed by atoms with Crippen molar-refractivity contribution in [1.29, 1.82) is 0 Å². The number of carbonyl (C=O) groups excluding carboxylic acids is 2. The van der Waals surface area contributed by atoms with E-state index in [-0.39, 0.29) is 18.4 Å². The van der Waals surface area contributed by atoms with Gasteiger partial charge in [0.15, 0.2) is 6.61 Å². The van der Waals surface area contributed by atoms with Gasteiger partial charge in [-0.2, -0.15) is 0 Å². The number of H-pyrrole nitrogens is 1. The SMILES string of the molecule is CC(=O)Nc1ccccc1OCC(=O)NCCc1c[nH]c2ccccc12. The number of anilines is 1. The number of benzene rings is 2. The Kier molecular flexibility index (Phi) is 5.53. The number of hydrogen-bond acceptors (Lipinski definition) is 3. The van der Waals surface area contributed by atoms with Gasteiger partial charge in [0.1, 0.15) is 5.75 Å². The number of amides is 2. The van der Waals surface area contributed by atoms with Crippen molar-refractivity contribution in [3.63, 3.8) is 0 Å². The van der Waals surface area contributed by atoms with Crippen LogP contribution in [-0.4, -0.2) is 29.9 Å². The summed E-state index contributed by atoms with van der Waals surface area (Å²) in [6, 6.07) is 15.1. The van der Waals surface area contributed by atoms with E-state index in [9.17, 15) is 9.59 Å². The van der Waals surface area contributed by atoms with Gasteiger partial charge in [-0.25, -0.2) is 0 Å². The van der Waals surface area contributed by atoms with Crippen LogP contribution in [0.5, 0.6) is 5.75 Å². The summed E-state index contributed by atoms with van der Waals surface area (Å²) in [6.45, 7) is 1.84. The van der Waals surface area contributed by atoms with E-state index in [1.54, 1.807) is 24.3 Å². The van der Waals surface area contributed by atoms with Crippen LogP contribution in [0.4, 0.5) is 5.69 Å². The van der Waals surface area contributed by atoms with Crippen LogP contribution < -0.4 is 15.4 Å². The molecule has 0 aliphatic carbocycles. The van der Waals surface area contributed by atoms with Crippen LogP contribution in [0.2, 0.25) is 0 Å². The summed E-state index contributed by atoms with van der Waals surface area (Å²) in [5.74, 6) is 0.0705. The third kappa shape index (κ3) is 4.42. The fourth-order valence-corrected chi connectivity index (χ4v) is 2.75. The Morgan fingerprint density at radius 1 is 1.08 bits per heavy atom. The highest BCUT2D eigenvalue weighted by Crippen LogP contribution is 2.23. The molecule has 0 saturated carbocycles. The van der Waals surface area contributed by atoms with E-state index in [2.05, 4.69) is 21.7 Å². The molecule has 0 bridgehead atoms. The topological polar surface area (TPSA) is 83.2 Å². The first-order valence-corrected chi connectivity index (χ1v) is 8.44. The van der Waals surface area contributed by atoms with E-state index >= 15 is 0 Å². The van der Waals surface area contributed by atoms with Crippen LogP contribution >= 0.6 is 0 Å². The Bertz CT molecular complexity index is 917. The number of hydrogen-bond donors (Lipinski definition) is 3. The zero-order valence-electron chi connectivity index (χ0n) is 14.5. The second-order valence-electron chi connectivity index (χ2n) is 5.93. The standard InChI is InChI=1S/C20H21N3O3/c1-14(24)23-18-8-4-5-9-19(18)26-13-20(25)21-11-10-15-12-22-17-7-3-2-6-16(15)17/h2-9,12,22H,10-11,13H2,1H3,(H,21,25)(H,23,24). The number of fused-ring (bicyclic) bond motifs is 1. The van der Waals surface area contributed by atoms with Crippen LogP contribution in [0.3, 0.4) is 0 Å². The van der Waals surface area contributed by atoms with Gasteiger partial charge >= 0.3 is 0 Å². The molecule has 3 rings (SSSR count). The third-order valence-corrected chi connectivity index (χ3v) is 3.95. The zero-order valence-corrected chi connectivity index (χ0v) is 14.5. The molecule has 6 nitrogen and oxygen atoms in total. The lowest BCUT2D eigenvalue weighted by molar-refractivity contribution is -0.123. The van der Waals surface area contributed by atoms with Crippen LogP contribution in [0.25, 0.3) is 10.9 Å². The molecule has 2 aromatic carbocycles. The Labute approximate surface area is 151 Å². The van der Waals surface area contributed by atoms with E-state index in [0.717, 1.165) is 17.5 Å². The monoisotopic (exact) mass is 351 g/mol. The Morgan fingerprint density at radius 2 is 1.85 bits per heavy atom. The molecule has 3 aromatic rings. The minimum Gasteiger partial charge on any atom is -0.482 e. The molecule has 0 fully saturated rings. The first-order chi connectivity index (χ1) is 12.6. The molecule has 0 saturated heterocycles. The number of nitrogens with one attached hydrogen (secondary N) is 3. The van der Waals surface area contributed by atoms with Gasteiger partial charge in [-0.15, -0.1) is 0 Å².